The number of hydrogen-bond acceptors (Lipinski definition) is 10. The highest BCUT2D eigenvalue weighted by molar-refractivity contribution is 4.76. The molecule has 624 valence electrons. The highest BCUT2D eigenvalue weighted by Gasteiger charge is 2.30. The predicted molar refractivity (Wildman–Crippen MR) is 452 cm³/mol. The molecule has 10 heteroatoms. The summed E-state index contributed by atoms with van der Waals surface area (Å²) in [5.41, 5.74) is 0. The van der Waals surface area contributed by atoms with Gasteiger partial charge in [-0.25, -0.2) is 0 Å². The molecule has 10 nitrogen and oxygen atoms in total. The smallest absolute Gasteiger partial charge is 0.158 e. The fraction of sp³-hybridized carbons (Fsp3) is 1.00. The first-order valence-electron chi connectivity index (χ1n) is 47.7. The van der Waals surface area contributed by atoms with Crippen LogP contribution in [-0.2, 0) is 18.9 Å². The molecule has 4 N–H and O–H groups in total. The first-order valence-corrected chi connectivity index (χ1v) is 47.7. The van der Waals surface area contributed by atoms with E-state index >= 15 is 0 Å². The van der Waals surface area contributed by atoms with Gasteiger partial charge in [0.05, 0.1) is 31.0 Å². The van der Waals surface area contributed by atoms with E-state index in [4.69, 9.17) is 18.9 Å². The second kappa shape index (κ2) is 79.3. The maximum absolute atomic E-state index is 11.6. The zero-order chi connectivity index (χ0) is 75.5. The van der Waals surface area contributed by atoms with E-state index in [9.17, 15) is 20.4 Å². The van der Waals surface area contributed by atoms with E-state index in [2.05, 4.69) is 65.2 Å². The van der Waals surface area contributed by atoms with Crippen LogP contribution in [0.3, 0.4) is 0 Å². The van der Waals surface area contributed by atoms with Crippen molar-refractivity contribution in [3.8, 4) is 0 Å². The summed E-state index contributed by atoms with van der Waals surface area (Å²) in [4.78, 5) is 4.94. The Morgan fingerprint density at radius 3 is 1.12 bits per heavy atom. The molecule has 0 aromatic heterocycles. The van der Waals surface area contributed by atoms with E-state index in [1.807, 2.05) is 0 Å². The van der Waals surface area contributed by atoms with Gasteiger partial charge in [0.25, 0.3) is 0 Å². The molecule has 1 saturated heterocycles. The van der Waals surface area contributed by atoms with E-state index in [0.29, 0.717) is 24.0 Å². The van der Waals surface area contributed by atoms with E-state index in [0.717, 1.165) is 167 Å². The molecule has 0 amide bonds. The first-order chi connectivity index (χ1) is 51.1. The van der Waals surface area contributed by atoms with Crippen molar-refractivity contribution in [2.75, 3.05) is 65.7 Å². The highest BCUT2D eigenvalue weighted by atomic mass is 16.7. The Morgan fingerprint density at radius 2 is 0.635 bits per heavy atom. The van der Waals surface area contributed by atoms with Crippen molar-refractivity contribution < 1.29 is 39.4 Å². The minimum atomic E-state index is -0.286. The Kier molecular flexibility index (Phi) is 77.4. The van der Waals surface area contributed by atoms with Crippen LogP contribution in [0.4, 0.5) is 0 Å². The lowest BCUT2D eigenvalue weighted by Crippen LogP contribution is -2.38. The average Bonchev–Trinajstić information content (AvgIpc) is 0.884. The number of nitrogens with zero attached hydrogens (tertiary/aromatic N) is 2. The lowest BCUT2D eigenvalue weighted by atomic mass is 9.83. The van der Waals surface area contributed by atoms with Crippen molar-refractivity contribution in [3.63, 3.8) is 0 Å². The number of aliphatic hydroxyl groups excluding tert-OH is 4. The molecule has 0 radical (unpaired) electrons. The summed E-state index contributed by atoms with van der Waals surface area (Å²) in [7, 11) is 0. The molecule has 0 aliphatic carbocycles. The van der Waals surface area contributed by atoms with Gasteiger partial charge in [-0.1, -0.05) is 376 Å². The van der Waals surface area contributed by atoms with Gasteiger partial charge in [-0.05, 0) is 146 Å². The quantitative estimate of drug-likeness (QED) is 0.0346. The molecule has 0 bridgehead atoms. The van der Waals surface area contributed by atoms with Crippen LogP contribution in [0.15, 0.2) is 0 Å². The van der Waals surface area contributed by atoms with Crippen molar-refractivity contribution in [2.24, 2.45) is 23.7 Å². The third-order valence-electron chi connectivity index (χ3n) is 24.1. The van der Waals surface area contributed by atoms with E-state index < -0.39 is 0 Å². The summed E-state index contributed by atoms with van der Waals surface area (Å²) in [6, 6.07) is 0. The zero-order valence-corrected chi connectivity index (χ0v) is 71.8. The van der Waals surface area contributed by atoms with Gasteiger partial charge < -0.3 is 49.2 Å². The number of hydrogen-bond donors (Lipinski definition) is 4. The van der Waals surface area contributed by atoms with Crippen LogP contribution in [0.5, 0.6) is 0 Å². The molecule has 0 saturated carbocycles. The fourth-order valence-electron chi connectivity index (χ4n) is 17.0. The lowest BCUT2D eigenvalue weighted by molar-refractivity contribution is -0.247. The topological polar surface area (TPSA) is 124 Å². The van der Waals surface area contributed by atoms with E-state index in [1.165, 1.54) is 321 Å². The van der Waals surface area contributed by atoms with Gasteiger partial charge >= 0.3 is 0 Å². The maximum Gasteiger partial charge on any atom is 0.158 e. The van der Waals surface area contributed by atoms with Crippen molar-refractivity contribution in [1.29, 1.82) is 0 Å². The van der Waals surface area contributed by atoms with Gasteiger partial charge in [0, 0.05) is 39.5 Å². The molecular weight excluding hydrogens is 1290 g/mol. The van der Waals surface area contributed by atoms with Gasteiger partial charge in [0.2, 0.25) is 0 Å². The molecule has 6 unspecified atom stereocenters. The van der Waals surface area contributed by atoms with Gasteiger partial charge in [-0.15, -0.1) is 0 Å². The van der Waals surface area contributed by atoms with Gasteiger partial charge in [-0.3, -0.25) is 0 Å². The summed E-state index contributed by atoms with van der Waals surface area (Å²) in [6.07, 6.45) is 82.4. The van der Waals surface area contributed by atoms with Crippen LogP contribution in [0.2, 0.25) is 0 Å². The minimum Gasteiger partial charge on any atom is -0.396 e. The number of unbranched alkanes of at least 4 members (excludes halogenated alkanes) is 36. The van der Waals surface area contributed by atoms with Crippen LogP contribution in [0, 0.1) is 23.7 Å². The maximum atomic E-state index is 11.6. The second-order valence-corrected chi connectivity index (χ2v) is 34.2. The van der Waals surface area contributed by atoms with Crippen molar-refractivity contribution in [1.82, 2.24) is 9.80 Å². The van der Waals surface area contributed by atoms with Crippen LogP contribution in [0.1, 0.15) is 479 Å². The molecule has 1 aliphatic rings. The third kappa shape index (κ3) is 65.2. The van der Waals surface area contributed by atoms with Crippen LogP contribution >= 0.6 is 0 Å². The Balaban J connectivity index is 2.73. The van der Waals surface area contributed by atoms with Crippen LogP contribution in [-0.4, -0.2) is 133 Å². The molecule has 1 heterocycles. The monoisotopic (exact) mass is 1480 g/mol. The molecule has 1 rings (SSSR count). The van der Waals surface area contributed by atoms with Crippen molar-refractivity contribution in [3.05, 3.63) is 0 Å². The third-order valence-corrected chi connectivity index (χ3v) is 24.1. The molecule has 0 aromatic carbocycles. The van der Waals surface area contributed by atoms with E-state index in [-0.39, 0.29) is 38.0 Å². The summed E-state index contributed by atoms with van der Waals surface area (Å²) < 4.78 is 26.6. The predicted octanol–water partition coefficient (Wildman–Crippen LogP) is 27.1. The normalized spacial score (nSPS) is 16.9. The van der Waals surface area contributed by atoms with Gasteiger partial charge in [-0.2, -0.15) is 0 Å². The Hall–Kier alpha value is -0.400. The summed E-state index contributed by atoms with van der Waals surface area (Å²) in [6.45, 7) is 26.2. The number of aliphatic hydroxyl groups is 4. The van der Waals surface area contributed by atoms with Crippen molar-refractivity contribution >= 4 is 0 Å². The van der Waals surface area contributed by atoms with Crippen molar-refractivity contribution in [2.45, 2.75) is 516 Å². The van der Waals surface area contributed by atoms with E-state index in [1.54, 1.807) is 0 Å². The number of ether oxygens (including phenoxy) is 4. The molecule has 1 fully saturated rings. The van der Waals surface area contributed by atoms with Crippen LogP contribution in [0.25, 0.3) is 0 Å². The highest BCUT2D eigenvalue weighted by Crippen LogP contribution is 2.32. The Morgan fingerprint density at radius 1 is 0.308 bits per heavy atom. The molecular formula is C94H190N2O8. The van der Waals surface area contributed by atoms with Gasteiger partial charge in [0.15, 0.2) is 12.6 Å². The SMILES string of the molecule is CCCCCCCCOC(CCCCCCN(CCCO)C[C@@H](O)CCCCCCCC(CCCCC)CCCCC)OCCC(CCCCC)C(C)CCCCCC(CCCCCCC)CCC[C@H](O)CN(CCCCO)CCCCCCC1OC(CCCCCCC)CC(CCCCCCC)O1. The largest absolute Gasteiger partial charge is 0.396 e. The fourth-order valence-corrected chi connectivity index (χ4v) is 17.0. The van der Waals surface area contributed by atoms with Crippen LogP contribution < -0.4 is 0 Å². The van der Waals surface area contributed by atoms with Gasteiger partial charge in [0.1, 0.15) is 0 Å². The summed E-state index contributed by atoms with van der Waals surface area (Å²) >= 11 is 0. The summed E-state index contributed by atoms with van der Waals surface area (Å²) in [5.74, 6) is 3.10. The first kappa shape index (κ1) is 102. The Labute approximate surface area is 651 Å². The standard InChI is InChI=1S/C94H190N2O8/c1-9-16-23-27-38-56-80-101-93(71-50-34-36-53-75-96(77-58-79-98)83-89(99)67-47-33-28-32-45-62-86(60-40-20-13-5)61-41-21-14-6)102-81-73-88(66-42-22-15-7)85(8)59-43-39-46-64-87(63-44-29-24-17-10-2)65-57-68-90(100)84-95(76-54-55-78-97)74-52-37-35-51-72-94-103-91(69-48-30-25-18-11-3)82-92(104-94)70-49-31-26-19-12-4/h85-94,97-100H,9-84H2,1-8H3/t85?,87?,88?,89-,90-,91?,92?,93?,94?/m0/s1. The molecule has 1 aliphatic heterocycles. The Bertz CT molecular complexity index is 1610. The lowest BCUT2D eigenvalue weighted by Gasteiger charge is -2.36. The summed E-state index contributed by atoms with van der Waals surface area (Å²) in [5, 5.41) is 42.1. The molecule has 0 spiro atoms. The number of rotatable bonds is 86. The average molecular weight is 1480 g/mol. The second-order valence-electron chi connectivity index (χ2n) is 34.2. The molecule has 0 aromatic rings. The zero-order valence-electron chi connectivity index (χ0n) is 71.8. The molecule has 8 atom stereocenters. The minimum absolute atomic E-state index is 0.0401. The molecule has 104 heavy (non-hydrogen) atoms.